The maximum atomic E-state index is 13.9. The lowest BCUT2D eigenvalue weighted by molar-refractivity contribution is 0.0760. The fourth-order valence-corrected chi connectivity index (χ4v) is 4.28. The summed E-state index contributed by atoms with van der Waals surface area (Å²) < 4.78 is 46.8. The van der Waals surface area contributed by atoms with Crippen LogP contribution in [0.5, 0.6) is 0 Å². The maximum Gasteiger partial charge on any atom is 0.254 e. The average Bonchev–Trinajstić information content (AvgIpc) is 3.22. The van der Waals surface area contributed by atoms with Crippen LogP contribution >= 0.6 is 0 Å². The first-order chi connectivity index (χ1) is 11.8. The SMILES string of the molecule is CC1(F)CCN(C(=O)c2cccc(S(=O)(=O)NCC3CCCO3)c2)C1. The van der Waals surface area contributed by atoms with Crippen LogP contribution in [0.1, 0.15) is 36.5 Å². The Balaban J connectivity index is 1.71. The van der Waals surface area contributed by atoms with Crippen molar-refractivity contribution in [1.29, 1.82) is 0 Å². The number of hydrogen-bond acceptors (Lipinski definition) is 4. The van der Waals surface area contributed by atoms with E-state index in [2.05, 4.69) is 4.72 Å². The zero-order valence-electron chi connectivity index (χ0n) is 14.2. The maximum absolute atomic E-state index is 13.9. The van der Waals surface area contributed by atoms with Crippen molar-refractivity contribution >= 4 is 15.9 Å². The number of likely N-dealkylation sites (tertiary alicyclic amines) is 1. The first kappa shape index (κ1) is 18.3. The molecule has 1 amide bonds. The third-order valence-corrected chi connectivity index (χ3v) is 6.05. The lowest BCUT2D eigenvalue weighted by Crippen LogP contribution is -2.33. The van der Waals surface area contributed by atoms with Gasteiger partial charge in [0, 0.05) is 31.7 Å². The van der Waals surface area contributed by atoms with Crippen LogP contribution in [0.3, 0.4) is 0 Å². The van der Waals surface area contributed by atoms with Crippen LogP contribution in [-0.4, -0.2) is 57.2 Å². The molecule has 0 aromatic heterocycles. The number of benzene rings is 1. The second kappa shape index (κ2) is 7.01. The largest absolute Gasteiger partial charge is 0.377 e. The van der Waals surface area contributed by atoms with E-state index in [1.807, 2.05) is 0 Å². The number of ether oxygens (including phenoxy) is 1. The number of hydrogen-bond donors (Lipinski definition) is 1. The van der Waals surface area contributed by atoms with E-state index in [1.54, 1.807) is 6.07 Å². The molecule has 6 nitrogen and oxygen atoms in total. The van der Waals surface area contributed by atoms with E-state index in [4.69, 9.17) is 4.74 Å². The summed E-state index contributed by atoms with van der Waals surface area (Å²) >= 11 is 0. The van der Waals surface area contributed by atoms with Gasteiger partial charge in [-0.1, -0.05) is 6.07 Å². The van der Waals surface area contributed by atoms with Crippen molar-refractivity contribution in [3.05, 3.63) is 29.8 Å². The van der Waals surface area contributed by atoms with Crippen molar-refractivity contribution in [2.45, 2.75) is 42.9 Å². The number of nitrogens with one attached hydrogen (secondary N) is 1. The molecule has 0 spiro atoms. The van der Waals surface area contributed by atoms with E-state index in [0.29, 0.717) is 19.6 Å². The van der Waals surface area contributed by atoms with Crippen molar-refractivity contribution in [1.82, 2.24) is 9.62 Å². The number of rotatable bonds is 5. The Hall–Kier alpha value is -1.51. The molecule has 2 aliphatic heterocycles. The number of halogens is 1. The molecule has 1 N–H and O–H groups in total. The Morgan fingerprint density at radius 1 is 1.48 bits per heavy atom. The molecule has 2 heterocycles. The number of amides is 1. The molecule has 3 rings (SSSR count). The van der Waals surface area contributed by atoms with E-state index in [-0.39, 0.29) is 35.6 Å². The summed E-state index contributed by atoms with van der Waals surface area (Å²) in [6, 6.07) is 5.86. The Bertz CT molecular complexity index is 745. The molecule has 2 aliphatic rings. The van der Waals surface area contributed by atoms with Gasteiger partial charge in [-0.25, -0.2) is 17.5 Å². The summed E-state index contributed by atoms with van der Waals surface area (Å²) in [5, 5.41) is 0. The summed E-state index contributed by atoms with van der Waals surface area (Å²) in [5.41, 5.74) is -1.14. The molecule has 1 aromatic carbocycles. The fraction of sp³-hybridized carbons (Fsp3) is 0.588. The van der Waals surface area contributed by atoms with Gasteiger partial charge in [-0.05, 0) is 38.0 Å². The molecule has 8 heteroatoms. The lowest BCUT2D eigenvalue weighted by atomic mass is 10.1. The van der Waals surface area contributed by atoms with Crippen molar-refractivity contribution in [3.63, 3.8) is 0 Å². The molecule has 2 fully saturated rings. The molecule has 2 saturated heterocycles. The molecule has 2 unspecified atom stereocenters. The minimum atomic E-state index is -3.72. The Morgan fingerprint density at radius 2 is 2.28 bits per heavy atom. The van der Waals surface area contributed by atoms with E-state index in [0.717, 1.165) is 12.8 Å². The Kier molecular flexibility index (Phi) is 5.13. The summed E-state index contributed by atoms with van der Waals surface area (Å²) in [5.74, 6) is -0.349. The van der Waals surface area contributed by atoms with Crippen molar-refractivity contribution in [2.24, 2.45) is 0 Å². The number of sulfonamides is 1. The van der Waals surface area contributed by atoms with Gasteiger partial charge in [-0.2, -0.15) is 0 Å². The first-order valence-corrected chi connectivity index (χ1v) is 9.95. The third-order valence-electron chi connectivity index (χ3n) is 4.63. The second-order valence-electron chi connectivity index (χ2n) is 6.90. The third kappa shape index (κ3) is 4.37. The highest BCUT2D eigenvalue weighted by molar-refractivity contribution is 7.89. The van der Waals surface area contributed by atoms with Crippen LogP contribution in [0.15, 0.2) is 29.2 Å². The van der Waals surface area contributed by atoms with Crippen molar-refractivity contribution in [2.75, 3.05) is 26.2 Å². The summed E-state index contributed by atoms with van der Waals surface area (Å²) in [4.78, 5) is 14.0. The second-order valence-corrected chi connectivity index (χ2v) is 8.67. The molecule has 0 radical (unpaired) electrons. The van der Waals surface area contributed by atoms with Crippen LogP contribution in [0.25, 0.3) is 0 Å². The van der Waals surface area contributed by atoms with Gasteiger partial charge in [0.15, 0.2) is 0 Å². The molecule has 0 bridgehead atoms. The molecule has 25 heavy (non-hydrogen) atoms. The summed E-state index contributed by atoms with van der Waals surface area (Å²) in [6.45, 7) is 2.70. The van der Waals surface area contributed by atoms with Crippen LogP contribution < -0.4 is 4.72 Å². The standard InChI is InChI=1S/C17H23FN2O4S/c1-17(18)7-8-20(12-17)16(21)13-4-2-6-15(10-13)25(22,23)19-11-14-5-3-9-24-14/h2,4,6,10,14,19H,3,5,7-9,11-12H2,1H3. The van der Waals surface area contributed by atoms with Gasteiger partial charge < -0.3 is 9.64 Å². The van der Waals surface area contributed by atoms with Crippen LogP contribution in [0, 0.1) is 0 Å². The Morgan fingerprint density at radius 3 is 2.92 bits per heavy atom. The van der Waals surface area contributed by atoms with Gasteiger partial charge in [0.1, 0.15) is 5.67 Å². The average molecular weight is 370 g/mol. The van der Waals surface area contributed by atoms with Crippen LogP contribution in [-0.2, 0) is 14.8 Å². The highest BCUT2D eigenvalue weighted by Crippen LogP contribution is 2.26. The van der Waals surface area contributed by atoms with Gasteiger partial charge >= 0.3 is 0 Å². The van der Waals surface area contributed by atoms with E-state index in [9.17, 15) is 17.6 Å². The number of carbonyl (C=O) groups excluding carboxylic acids is 1. The van der Waals surface area contributed by atoms with Gasteiger partial charge in [-0.15, -0.1) is 0 Å². The van der Waals surface area contributed by atoms with Crippen LogP contribution in [0.2, 0.25) is 0 Å². The molecule has 0 aliphatic carbocycles. The molecular weight excluding hydrogens is 347 g/mol. The number of carbonyl (C=O) groups is 1. The Labute approximate surface area is 147 Å². The fourth-order valence-electron chi connectivity index (χ4n) is 3.17. The lowest BCUT2D eigenvalue weighted by Gasteiger charge is -2.18. The summed E-state index contributed by atoms with van der Waals surface area (Å²) in [7, 11) is -3.72. The normalized spacial score (nSPS) is 27.0. The van der Waals surface area contributed by atoms with E-state index in [1.165, 1.54) is 30.0 Å². The highest BCUT2D eigenvalue weighted by atomic mass is 32.2. The van der Waals surface area contributed by atoms with E-state index < -0.39 is 15.7 Å². The number of alkyl halides is 1. The zero-order valence-corrected chi connectivity index (χ0v) is 15.0. The smallest absolute Gasteiger partial charge is 0.254 e. The monoisotopic (exact) mass is 370 g/mol. The predicted octanol–water partition coefficient (Wildman–Crippen LogP) is 1.72. The van der Waals surface area contributed by atoms with Gasteiger partial charge in [0.25, 0.3) is 5.91 Å². The quantitative estimate of drug-likeness (QED) is 0.856. The molecule has 2 atom stereocenters. The van der Waals surface area contributed by atoms with Gasteiger partial charge in [0.05, 0.1) is 17.5 Å². The topological polar surface area (TPSA) is 75.7 Å². The van der Waals surface area contributed by atoms with Crippen molar-refractivity contribution < 1.29 is 22.3 Å². The van der Waals surface area contributed by atoms with Gasteiger partial charge in [0.2, 0.25) is 10.0 Å². The minimum absolute atomic E-state index is 0.0264. The highest BCUT2D eigenvalue weighted by Gasteiger charge is 2.36. The zero-order chi connectivity index (χ0) is 18.1. The predicted molar refractivity (Wildman–Crippen MR) is 90.6 cm³/mol. The molecule has 1 aromatic rings. The summed E-state index contributed by atoms with van der Waals surface area (Å²) in [6.07, 6.45) is 1.95. The minimum Gasteiger partial charge on any atom is -0.377 e. The molecule has 0 saturated carbocycles. The molecule has 138 valence electrons. The van der Waals surface area contributed by atoms with Crippen LogP contribution in [0.4, 0.5) is 4.39 Å². The van der Waals surface area contributed by atoms with Crippen molar-refractivity contribution in [3.8, 4) is 0 Å². The van der Waals surface area contributed by atoms with Gasteiger partial charge in [-0.3, -0.25) is 4.79 Å². The van der Waals surface area contributed by atoms with E-state index >= 15 is 0 Å². The number of nitrogens with zero attached hydrogens (tertiary/aromatic N) is 1. The molecular formula is C17H23FN2O4S. The first-order valence-electron chi connectivity index (χ1n) is 8.46.